The molecule has 4 heterocycles. The number of carbonyl (C=O) groups is 2. The van der Waals surface area contributed by atoms with Gasteiger partial charge in [-0.2, -0.15) is 0 Å². The minimum absolute atomic E-state index is 0.0692. The molecule has 0 spiro atoms. The smallest absolute Gasteiger partial charge is 0.259 e. The Morgan fingerprint density at radius 2 is 2.16 bits per heavy atom. The lowest BCUT2D eigenvalue weighted by molar-refractivity contribution is -0.132. The zero-order valence-electron chi connectivity index (χ0n) is 17.6. The summed E-state index contributed by atoms with van der Waals surface area (Å²) in [5, 5.41) is 5.65. The molecule has 32 heavy (non-hydrogen) atoms. The first-order chi connectivity index (χ1) is 15.6. The predicted molar refractivity (Wildman–Crippen MR) is 129 cm³/mol. The van der Waals surface area contributed by atoms with Gasteiger partial charge in [-0.1, -0.05) is 0 Å². The normalized spacial score (nSPS) is 15.1. The Hall–Kier alpha value is -2.17. The number of rotatable bonds is 7. The minimum atomic E-state index is -0.111. The largest absolute Gasteiger partial charge is 0.355 e. The number of thiophene rings is 2. The summed E-state index contributed by atoms with van der Waals surface area (Å²) in [5.74, 6) is 1.30. The van der Waals surface area contributed by atoms with Crippen LogP contribution in [0.5, 0.6) is 0 Å². The van der Waals surface area contributed by atoms with Crippen LogP contribution in [0.15, 0.2) is 16.2 Å². The van der Waals surface area contributed by atoms with E-state index in [0.717, 1.165) is 42.4 Å². The van der Waals surface area contributed by atoms with Crippen LogP contribution in [0.25, 0.3) is 10.2 Å². The van der Waals surface area contributed by atoms with Crippen molar-refractivity contribution in [1.29, 1.82) is 0 Å². The second-order valence-electron chi connectivity index (χ2n) is 8.08. The molecule has 168 valence electrons. The molecule has 10 heteroatoms. The van der Waals surface area contributed by atoms with Crippen LogP contribution in [-0.2, 0) is 41.1 Å². The number of aromatic nitrogens is 2. The Balaban J connectivity index is 1.05. The quantitative estimate of drug-likeness (QED) is 0.533. The zero-order valence-corrected chi connectivity index (χ0v) is 20.0. The summed E-state index contributed by atoms with van der Waals surface area (Å²) in [5.41, 5.74) is 2.35. The van der Waals surface area contributed by atoms with Gasteiger partial charge in [0.25, 0.3) is 5.56 Å². The summed E-state index contributed by atoms with van der Waals surface area (Å²) in [7, 11) is 0. The molecule has 5 rings (SSSR count). The Kier molecular flexibility index (Phi) is 6.34. The van der Waals surface area contributed by atoms with E-state index < -0.39 is 0 Å². The summed E-state index contributed by atoms with van der Waals surface area (Å²) in [6, 6.07) is 2.09. The van der Waals surface area contributed by atoms with Crippen molar-refractivity contribution >= 4 is 56.5 Å². The highest BCUT2D eigenvalue weighted by Gasteiger charge is 2.22. The van der Waals surface area contributed by atoms with Gasteiger partial charge in [-0.3, -0.25) is 14.4 Å². The maximum absolute atomic E-state index is 12.5. The first-order valence-electron chi connectivity index (χ1n) is 10.8. The van der Waals surface area contributed by atoms with Crippen LogP contribution in [0, 0.1) is 0 Å². The zero-order chi connectivity index (χ0) is 22.1. The summed E-state index contributed by atoms with van der Waals surface area (Å²) < 4.78 is 0. The van der Waals surface area contributed by atoms with Gasteiger partial charge in [0.05, 0.1) is 16.9 Å². The van der Waals surface area contributed by atoms with Crippen LogP contribution in [0.3, 0.4) is 0 Å². The van der Waals surface area contributed by atoms with Crippen LogP contribution < -0.4 is 10.9 Å². The van der Waals surface area contributed by atoms with Crippen LogP contribution >= 0.6 is 34.4 Å². The summed E-state index contributed by atoms with van der Waals surface area (Å²) in [6.07, 6.45) is 4.34. The second-order valence-corrected chi connectivity index (χ2v) is 11.1. The molecule has 0 bridgehead atoms. The molecule has 0 saturated heterocycles. The molecular formula is C22H24N4O3S3. The molecule has 1 aliphatic heterocycles. The van der Waals surface area contributed by atoms with E-state index in [2.05, 4.69) is 26.7 Å². The molecule has 3 aromatic rings. The third-order valence-electron chi connectivity index (χ3n) is 5.92. The molecule has 2 N–H and O–H groups in total. The molecular weight excluding hydrogens is 464 g/mol. The summed E-state index contributed by atoms with van der Waals surface area (Å²) in [6.45, 7) is 1.76. The average molecular weight is 489 g/mol. The van der Waals surface area contributed by atoms with Gasteiger partial charge in [-0.15, -0.1) is 34.4 Å². The van der Waals surface area contributed by atoms with E-state index in [1.54, 1.807) is 22.7 Å². The molecule has 0 aromatic carbocycles. The highest BCUT2D eigenvalue weighted by molar-refractivity contribution is 7.99. The number of nitrogens with one attached hydrogen (secondary N) is 2. The summed E-state index contributed by atoms with van der Waals surface area (Å²) >= 11 is 4.78. The Morgan fingerprint density at radius 1 is 1.25 bits per heavy atom. The molecule has 0 radical (unpaired) electrons. The number of nitrogens with zero attached hydrogens (tertiary/aromatic N) is 2. The van der Waals surface area contributed by atoms with Crippen molar-refractivity contribution < 1.29 is 9.59 Å². The third kappa shape index (κ3) is 4.49. The minimum Gasteiger partial charge on any atom is -0.355 e. The monoisotopic (exact) mass is 488 g/mol. The fourth-order valence-electron chi connectivity index (χ4n) is 4.33. The van der Waals surface area contributed by atoms with Gasteiger partial charge in [0.15, 0.2) is 0 Å². The number of hydrogen-bond acceptors (Lipinski definition) is 7. The van der Waals surface area contributed by atoms with Crippen LogP contribution in [-0.4, -0.2) is 45.5 Å². The number of aromatic amines is 1. The maximum atomic E-state index is 12.5. The van der Waals surface area contributed by atoms with Gasteiger partial charge >= 0.3 is 0 Å². The van der Waals surface area contributed by atoms with E-state index in [1.807, 2.05) is 4.90 Å². The number of H-pyrrole nitrogens is 1. The molecule has 0 atom stereocenters. The lowest BCUT2D eigenvalue weighted by Gasteiger charge is -2.27. The highest BCUT2D eigenvalue weighted by Crippen LogP contribution is 2.34. The fourth-order valence-corrected chi connectivity index (χ4v) is 7.23. The predicted octanol–water partition coefficient (Wildman–Crippen LogP) is 2.86. The lowest BCUT2D eigenvalue weighted by atomic mass is 10.1. The number of amides is 2. The van der Waals surface area contributed by atoms with Gasteiger partial charge in [-0.05, 0) is 48.3 Å². The molecule has 0 saturated carbocycles. The Bertz CT molecular complexity index is 1230. The van der Waals surface area contributed by atoms with E-state index >= 15 is 0 Å². The number of carbonyl (C=O) groups excluding carboxylic acids is 2. The summed E-state index contributed by atoms with van der Waals surface area (Å²) in [4.78, 5) is 49.9. The molecule has 0 unspecified atom stereocenters. The maximum Gasteiger partial charge on any atom is 0.259 e. The molecule has 2 amide bonds. The SMILES string of the molecule is O=C(CSCc1nc2sc3c(c2c(=O)[nH]1)CCC3)NCCC(=O)N1CCc2sccc2C1. The highest BCUT2D eigenvalue weighted by atomic mass is 32.2. The Labute approximate surface area is 197 Å². The second kappa shape index (κ2) is 9.36. The Morgan fingerprint density at radius 3 is 3.06 bits per heavy atom. The number of hydrogen-bond donors (Lipinski definition) is 2. The topological polar surface area (TPSA) is 95.2 Å². The van der Waals surface area contributed by atoms with E-state index in [0.29, 0.717) is 31.1 Å². The fraction of sp³-hybridized carbons (Fsp3) is 0.455. The number of aryl methyl sites for hydroxylation is 2. The van der Waals surface area contributed by atoms with Crippen LogP contribution in [0.4, 0.5) is 0 Å². The van der Waals surface area contributed by atoms with E-state index in [-0.39, 0.29) is 23.1 Å². The standard InChI is InChI=1S/C22H24N4O3S3/c27-18(23-7-4-19(28)26-8-5-15-13(10-26)6-9-31-15)12-30-11-17-24-21(29)20-14-2-1-3-16(14)32-22(20)25-17/h6,9H,1-5,7-8,10-12H2,(H,23,27)(H,24,25,29). The van der Waals surface area contributed by atoms with Gasteiger partial charge in [0, 0.05) is 35.8 Å². The van der Waals surface area contributed by atoms with Crippen molar-refractivity contribution in [2.24, 2.45) is 0 Å². The van der Waals surface area contributed by atoms with E-state index in [1.165, 1.54) is 32.6 Å². The van der Waals surface area contributed by atoms with Crippen LogP contribution in [0.1, 0.15) is 39.5 Å². The molecule has 2 aliphatic rings. The lowest BCUT2D eigenvalue weighted by Crippen LogP contribution is -2.37. The van der Waals surface area contributed by atoms with Crippen molar-refractivity contribution in [1.82, 2.24) is 20.2 Å². The van der Waals surface area contributed by atoms with Gasteiger partial charge < -0.3 is 15.2 Å². The van der Waals surface area contributed by atoms with Gasteiger partial charge in [0.2, 0.25) is 11.8 Å². The molecule has 1 aliphatic carbocycles. The first-order valence-corrected chi connectivity index (χ1v) is 13.6. The first kappa shape index (κ1) is 21.7. The van der Waals surface area contributed by atoms with Crippen molar-refractivity contribution in [3.63, 3.8) is 0 Å². The van der Waals surface area contributed by atoms with Crippen molar-refractivity contribution in [2.45, 2.75) is 44.4 Å². The van der Waals surface area contributed by atoms with Gasteiger partial charge in [0.1, 0.15) is 10.7 Å². The van der Waals surface area contributed by atoms with E-state index in [4.69, 9.17) is 0 Å². The van der Waals surface area contributed by atoms with Crippen molar-refractivity contribution in [2.75, 3.05) is 18.8 Å². The van der Waals surface area contributed by atoms with E-state index in [9.17, 15) is 14.4 Å². The number of thioether (sulfide) groups is 1. The molecule has 7 nitrogen and oxygen atoms in total. The van der Waals surface area contributed by atoms with Gasteiger partial charge in [-0.25, -0.2) is 4.98 Å². The number of fused-ring (bicyclic) bond motifs is 4. The van der Waals surface area contributed by atoms with Crippen molar-refractivity contribution in [3.8, 4) is 0 Å². The van der Waals surface area contributed by atoms with Crippen LogP contribution in [0.2, 0.25) is 0 Å². The molecule has 3 aromatic heterocycles. The third-order valence-corrected chi connectivity index (χ3v) is 9.07. The molecule has 0 fully saturated rings. The average Bonchev–Trinajstić information content (AvgIpc) is 3.48. The van der Waals surface area contributed by atoms with Crippen molar-refractivity contribution in [3.05, 3.63) is 48.5 Å².